The fourth-order valence-corrected chi connectivity index (χ4v) is 3.28. The summed E-state index contributed by atoms with van der Waals surface area (Å²) in [4.78, 5) is 41.3. The van der Waals surface area contributed by atoms with Gasteiger partial charge in [0.15, 0.2) is 0 Å². The van der Waals surface area contributed by atoms with E-state index in [1.54, 1.807) is 9.80 Å². The minimum Gasteiger partial charge on any atom is -0.370 e. The third-order valence-corrected chi connectivity index (χ3v) is 4.69. The first-order chi connectivity index (χ1) is 12.2. The zero-order valence-electron chi connectivity index (χ0n) is 14.2. The highest BCUT2D eigenvalue weighted by molar-refractivity contribution is 5.79. The predicted molar refractivity (Wildman–Crippen MR) is 93.3 cm³/mol. The van der Waals surface area contributed by atoms with Crippen LogP contribution in [0.25, 0.3) is 0 Å². The lowest BCUT2D eigenvalue weighted by atomic mass is 10.1. The van der Waals surface area contributed by atoms with Crippen LogP contribution in [-0.2, 0) is 17.6 Å². The minimum absolute atomic E-state index is 0.00484. The second-order valence-electron chi connectivity index (χ2n) is 6.44. The number of nitroso groups, excluding NO2 is 1. The number of urea groups is 1. The Bertz CT molecular complexity index is 664. The lowest BCUT2D eigenvalue weighted by molar-refractivity contribution is -0.118. The van der Waals surface area contributed by atoms with Gasteiger partial charge in [0.1, 0.15) is 5.82 Å². The van der Waals surface area contributed by atoms with E-state index in [0.29, 0.717) is 19.6 Å². The van der Waals surface area contributed by atoms with Crippen molar-refractivity contribution in [2.45, 2.75) is 32.1 Å². The van der Waals surface area contributed by atoms with Crippen LogP contribution in [0.1, 0.15) is 30.5 Å². The van der Waals surface area contributed by atoms with Crippen molar-refractivity contribution in [3.8, 4) is 0 Å². The van der Waals surface area contributed by atoms with E-state index in [2.05, 4.69) is 27.6 Å². The molecule has 1 aromatic rings. The molecule has 0 saturated carbocycles. The van der Waals surface area contributed by atoms with E-state index >= 15 is 0 Å². The molecule has 2 aliphatic rings. The summed E-state index contributed by atoms with van der Waals surface area (Å²) in [6.07, 6.45) is 3.90. The fraction of sp³-hybridized carbons (Fsp3) is 0.588. The lowest BCUT2D eigenvalue weighted by Gasteiger charge is -2.19. The summed E-state index contributed by atoms with van der Waals surface area (Å²) in [6.45, 7) is 3.15. The molecule has 1 N–H and O–H groups in total. The average Bonchev–Trinajstić information content (AvgIpc) is 2.99. The van der Waals surface area contributed by atoms with Gasteiger partial charge in [-0.3, -0.25) is 4.79 Å². The Hall–Kier alpha value is -2.51. The van der Waals surface area contributed by atoms with Gasteiger partial charge in [-0.25, -0.2) is 9.78 Å². The molecule has 2 aliphatic heterocycles. The Kier molecular flexibility index (Phi) is 5.57. The van der Waals surface area contributed by atoms with Gasteiger partial charge in [-0.2, -0.15) is 0 Å². The molecule has 0 spiro atoms. The standard InChI is InChI=1S/C17H23N5O3/c23-15(20-25)7-10-22-12-11-21(17(22)24)9-2-4-14-6-5-13-3-1-8-18-16(13)19-14/h5-6H,1-4,7-12H2,(H,18,19). The number of anilines is 1. The van der Waals surface area contributed by atoms with Gasteiger partial charge in [0.05, 0.1) is 0 Å². The Labute approximate surface area is 146 Å². The molecule has 1 fully saturated rings. The number of hydrogen-bond acceptors (Lipinski definition) is 5. The van der Waals surface area contributed by atoms with Crippen LogP contribution in [0.15, 0.2) is 17.3 Å². The first kappa shape index (κ1) is 17.3. The summed E-state index contributed by atoms with van der Waals surface area (Å²) in [5, 5.41) is 5.69. The Morgan fingerprint density at radius 1 is 1.24 bits per heavy atom. The summed E-state index contributed by atoms with van der Waals surface area (Å²) in [6, 6.07) is 4.14. The number of amides is 3. The van der Waals surface area contributed by atoms with Gasteiger partial charge in [0.25, 0.3) is 5.91 Å². The predicted octanol–water partition coefficient (Wildman–Crippen LogP) is 1.79. The summed E-state index contributed by atoms with van der Waals surface area (Å²) < 4.78 is 0. The van der Waals surface area contributed by atoms with Crippen molar-refractivity contribution in [2.75, 3.05) is 38.0 Å². The maximum Gasteiger partial charge on any atom is 0.320 e. The molecule has 134 valence electrons. The molecule has 0 aliphatic carbocycles. The molecule has 3 amide bonds. The Morgan fingerprint density at radius 2 is 2.04 bits per heavy atom. The number of nitrogens with one attached hydrogen (secondary N) is 1. The van der Waals surface area contributed by atoms with Crippen molar-refractivity contribution in [3.05, 3.63) is 28.3 Å². The molecule has 0 radical (unpaired) electrons. The highest BCUT2D eigenvalue weighted by Gasteiger charge is 2.28. The van der Waals surface area contributed by atoms with E-state index in [0.717, 1.165) is 43.7 Å². The molecule has 1 aromatic heterocycles. The van der Waals surface area contributed by atoms with Crippen LogP contribution < -0.4 is 5.32 Å². The molecule has 8 nitrogen and oxygen atoms in total. The molecular weight excluding hydrogens is 322 g/mol. The first-order valence-corrected chi connectivity index (χ1v) is 8.80. The minimum atomic E-state index is -0.710. The highest BCUT2D eigenvalue weighted by atomic mass is 16.3. The van der Waals surface area contributed by atoms with Crippen molar-refractivity contribution in [2.24, 2.45) is 5.18 Å². The largest absolute Gasteiger partial charge is 0.370 e. The second-order valence-corrected chi connectivity index (χ2v) is 6.44. The van der Waals surface area contributed by atoms with E-state index in [-0.39, 0.29) is 19.0 Å². The van der Waals surface area contributed by atoms with Crippen LogP contribution in [0.2, 0.25) is 0 Å². The van der Waals surface area contributed by atoms with Crippen LogP contribution in [0, 0.1) is 4.91 Å². The van der Waals surface area contributed by atoms with Crippen LogP contribution in [0.5, 0.6) is 0 Å². The number of hydrogen-bond donors (Lipinski definition) is 1. The maximum atomic E-state index is 12.2. The zero-order valence-corrected chi connectivity index (χ0v) is 14.2. The Balaban J connectivity index is 1.44. The summed E-state index contributed by atoms with van der Waals surface area (Å²) in [5.41, 5.74) is 2.32. The molecule has 0 bridgehead atoms. The molecule has 0 atom stereocenters. The van der Waals surface area contributed by atoms with Crippen molar-refractivity contribution in [1.29, 1.82) is 0 Å². The number of aryl methyl sites for hydroxylation is 2. The summed E-state index contributed by atoms with van der Waals surface area (Å²) in [7, 11) is 0. The van der Waals surface area contributed by atoms with Gasteiger partial charge in [0.2, 0.25) is 0 Å². The third-order valence-electron chi connectivity index (χ3n) is 4.69. The van der Waals surface area contributed by atoms with Gasteiger partial charge < -0.3 is 15.1 Å². The SMILES string of the molecule is O=NC(=O)CCN1CCN(CCCc2ccc3c(n2)NCCC3)C1=O. The van der Waals surface area contributed by atoms with E-state index in [4.69, 9.17) is 0 Å². The van der Waals surface area contributed by atoms with E-state index < -0.39 is 5.91 Å². The summed E-state index contributed by atoms with van der Waals surface area (Å²) >= 11 is 0. The van der Waals surface area contributed by atoms with Gasteiger partial charge >= 0.3 is 6.03 Å². The third kappa shape index (κ3) is 4.32. The van der Waals surface area contributed by atoms with Crippen molar-refractivity contribution < 1.29 is 9.59 Å². The van der Waals surface area contributed by atoms with Gasteiger partial charge in [-0.05, 0) is 37.3 Å². The van der Waals surface area contributed by atoms with Crippen LogP contribution >= 0.6 is 0 Å². The second kappa shape index (κ2) is 8.04. The van der Waals surface area contributed by atoms with Gasteiger partial charge in [0, 0.05) is 50.0 Å². The van der Waals surface area contributed by atoms with Crippen molar-refractivity contribution in [3.63, 3.8) is 0 Å². The molecule has 3 rings (SSSR count). The molecule has 25 heavy (non-hydrogen) atoms. The van der Waals surface area contributed by atoms with Gasteiger partial charge in [-0.15, -0.1) is 4.91 Å². The average molecular weight is 345 g/mol. The fourth-order valence-electron chi connectivity index (χ4n) is 3.28. The summed E-state index contributed by atoms with van der Waals surface area (Å²) in [5.74, 6) is 0.291. The first-order valence-electron chi connectivity index (χ1n) is 8.80. The van der Waals surface area contributed by atoms with Crippen molar-refractivity contribution in [1.82, 2.24) is 14.8 Å². The smallest absolute Gasteiger partial charge is 0.320 e. The quantitative estimate of drug-likeness (QED) is 0.760. The lowest BCUT2D eigenvalue weighted by Crippen LogP contribution is -2.33. The van der Waals surface area contributed by atoms with Crippen LogP contribution in [0.4, 0.5) is 10.6 Å². The normalized spacial score (nSPS) is 16.6. The highest BCUT2D eigenvalue weighted by Crippen LogP contribution is 2.20. The molecule has 0 aromatic carbocycles. The number of nitrogens with zero attached hydrogens (tertiary/aromatic N) is 4. The van der Waals surface area contributed by atoms with Crippen LogP contribution in [0.3, 0.4) is 0 Å². The molecule has 8 heteroatoms. The number of fused-ring (bicyclic) bond motifs is 1. The molecule has 3 heterocycles. The molecule has 0 unspecified atom stereocenters. The van der Waals surface area contributed by atoms with E-state index in [1.807, 2.05) is 0 Å². The van der Waals surface area contributed by atoms with Gasteiger partial charge in [-0.1, -0.05) is 6.07 Å². The molecular formula is C17H23N5O3. The number of carbonyl (C=O) groups is 2. The maximum absolute atomic E-state index is 12.2. The van der Waals surface area contributed by atoms with Crippen LogP contribution in [-0.4, -0.2) is 59.4 Å². The number of aromatic nitrogens is 1. The zero-order chi connectivity index (χ0) is 17.6. The van der Waals surface area contributed by atoms with E-state index in [1.165, 1.54) is 5.56 Å². The van der Waals surface area contributed by atoms with E-state index in [9.17, 15) is 14.5 Å². The monoisotopic (exact) mass is 345 g/mol. The Morgan fingerprint density at radius 3 is 2.84 bits per heavy atom. The number of carbonyl (C=O) groups excluding carboxylic acids is 2. The van der Waals surface area contributed by atoms with Crippen molar-refractivity contribution >= 4 is 17.8 Å². The topological polar surface area (TPSA) is 95.0 Å². The number of pyridine rings is 1. The molecule has 1 saturated heterocycles. The number of rotatable bonds is 7.